The Morgan fingerprint density at radius 3 is 2.64 bits per heavy atom. The minimum atomic E-state index is -0.769. The molecule has 1 aliphatic heterocycles. The summed E-state index contributed by atoms with van der Waals surface area (Å²) in [5, 5.41) is 11.2. The Labute approximate surface area is 264 Å². The molecule has 1 aromatic heterocycles. The van der Waals surface area contributed by atoms with Crippen LogP contribution in [0.3, 0.4) is 0 Å². The monoisotopic (exact) mass is 629 g/mol. The van der Waals surface area contributed by atoms with Gasteiger partial charge in [0.15, 0.2) is 18.1 Å². The molecular weight excluding hydrogens is 598 g/mol. The Morgan fingerprint density at radius 1 is 1.09 bits per heavy atom. The van der Waals surface area contributed by atoms with Gasteiger partial charge in [0.05, 0.1) is 31.5 Å². The highest BCUT2D eigenvalue weighted by Crippen LogP contribution is 2.34. The topological polar surface area (TPSA) is 132 Å². The van der Waals surface area contributed by atoms with E-state index in [1.165, 1.54) is 7.11 Å². The zero-order valence-corrected chi connectivity index (χ0v) is 25.7. The third kappa shape index (κ3) is 7.10. The molecule has 0 radical (unpaired) electrons. The fourth-order valence-corrected chi connectivity index (χ4v) is 5.27. The average Bonchev–Trinajstić information content (AvgIpc) is 3.37. The van der Waals surface area contributed by atoms with Crippen molar-refractivity contribution in [3.63, 3.8) is 0 Å². The summed E-state index contributed by atoms with van der Waals surface area (Å²) in [6, 6.07) is 19.3. The lowest BCUT2D eigenvalue weighted by molar-refractivity contribution is -0.139. The van der Waals surface area contributed by atoms with E-state index in [2.05, 4.69) is 25.7 Å². The molecule has 11 nitrogen and oxygen atoms in total. The number of carbonyl (C=O) groups excluding carboxylic acids is 3. The lowest BCUT2D eigenvalue weighted by atomic mass is 9.95. The number of fused-ring (bicyclic) bond motifs is 1. The van der Waals surface area contributed by atoms with Gasteiger partial charge in [-0.1, -0.05) is 54.1 Å². The minimum Gasteiger partial charge on any atom is -0.493 e. The second kappa shape index (κ2) is 14.0. The van der Waals surface area contributed by atoms with Gasteiger partial charge in [-0.3, -0.25) is 4.79 Å². The number of halogens is 1. The van der Waals surface area contributed by atoms with Crippen molar-refractivity contribution in [2.24, 2.45) is 5.10 Å². The number of hydrazone groups is 1. The summed E-state index contributed by atoms with van der Waals surface area (Å²) in [5.74, 6) is -0.425. The van der Waals surface area contributed by atoms with E-state index < -0.39 is 23.9 Å². The van der Waals surface area contributed by atoms with Crippen molar-refractivity contribution < 1.29 is 28.6 Å². The Morgan fingerprint density at radius 2 is 1.87 bits per heavy atom. The van der Waals surface area contributed by atoms with E-state index in [0.29, 0.717) is 34.3 Å². The highest BCUT2D eigenvalue weighted by molar-refractivity contribution is 6.31. The number of hydrogen-bond donors (Lipinski definition) is 3. The Hall–Kier alpha value is -5.29. The number of methoxy groups -OCH3 is 1. The van der Waals surface area contributed by atoms with E-state index in [9.17, 15) is 14.4 Å². The highest BCUT2D eigenvalue weighted by atomic mass is 35.5. The molecule has 1 aliphatic rings. The number of ether oxygens (including phenoxy) is 3. The van der Waals surface area contributed by atoms with Gasteiger partial charge in [0.2, 0.25) is 0 Å². The Balaban J connectivity index is 1.25. The van der Waals surface area contributed by atoms with Crippen LogP contribution < -0.4 is 25.5 Å². The van der Waals surface area contributed by atoms with Crippen molar-refractivity contribution in [3.05, 3.63) is 106 Å². The molecule has 5 rings (SSSR count). The zero-order chi connectivity index (χ0) is 31.9. The average molecular weight is 630 g/mol. The maximum Gasteiger partial charge on any atom is 0.338 e. The number of para-hydroxylation sites is 1. The first-order valence-electron chi connectivity index (χ1n) is 14.2. The van der Waals surface area contributed by atoms with E-state index in [-0.39, 0.29) is 18.8 Å². The third-order valence-electron chi connectivity index (χ3n) is 7.16. The molecule has 0 aliphatic carbocycles. The number of esters is 1. The van der Waals surface area contributed by atoms with Crippen LogP contribution in [0.1, 0.15) is 36.6 Å². The predicted octanol–water partition coefficient (Wildman–Crippen LogP) is 5.07. The number of carbonyl (C=O) groups is 3. The van der Waals surface area contributed by atoms with Crippen molar-refractivity contribution in [2.75, 3.05) is 20.3 Å². The van der Waals surface area contributed by atoms with Crippen LogP contribution in [0.2, 0.25) is 5.02 Å². The molecule has 3 N–H and O–H groups in total. The van der Waals surface area contributed by atoms with E-state index >= 15 is 0 Å². The standard InChI is InChI=1S/C33H32ClN5O6/c1-4-44-32(41)30-20(2)36-33(42)37-31(30)21-13-14-27(28(15-21)43-3)45-19-29(40)38-35-16-23-18-39(26-12-8-6-10-24(23)26)17-22-9-5-7-11-25(22)34/h5-16,18,31H,4,17,19H2,1-3H3,(H,38,40)(H2,36,37,42)/b35-16-/t31-/m1/s1. The first kappa shape index (κ1) is 31.1. The fraction of sp³-hybridized carbons (Fsp3) is 0.212. The third-order valence-corrected chi connectivity index (χ3v) is 7.52. The van der Waals surface area contributed by atoms with Gasteiger partial charge < -0.3 is 29.4 Å². The number of hydrogen-bond acceptors (Lipinski definition) is 7. The summed E-state index contributed by atoms with van der Waals surface area (Å²) >= 11 is 6.38. The summed E-state index contributed by atoms with van der Waals surface area (Å²) in [6.07, 6.45) is 3.55. The molecule has 0 fully saturated rings. The molecule has 0 unspecified atom stereocenters. The van der Waals surface area contributed by atoms with Crippen LogP contribution in [0.25, 0.3) is 10.9 Å². The number of allylic oxidation sites excluding steroid dienone is 1. The van der Waals surface area contributed by atoms with Crippen molar-refractivity contribution in [1.82, 2.24) is 20.6 Å². The van der Waals surface area contributed by atoms with Gasteiger partial charge in [-0.05, 0) is 49.2 Å². The summed E-state index contributed by atoms with van der Waals surface area (Å²) < 4.78 is 18.5. The molecule has 1 atom stereocenters. The molecule has 0 spiro atoms. The van der Waals surface area contributed by atoms with E-state index in [0.717, 1.165) is 22.0 Å². The lowest BCUT2D eigenvalue weighted by Gasteiger charge is -2.28. The van der Waals surface area contributed by atoms with Crippen LogP contribution >= 0.6 is 11.6 Å². The maximum absolute atomic E-state index is 12.6. The van der Waals surface area contributed by atoms with Crippen molar-refractivity contribution in [1.29, 1.82) is 0 Å². The Bertz CT molecular complexity index is 1810. The van der Waals surface area contributed by atoms with Crippen molar-refractivity contribution in [3.8, 4) is 11.5 Å². The van der Waals surface area contributed by atoms with Crippen LogP contribution in [-0.4, -0.2) is 49.0 Å². The Kier molecular flexibility index (Phi) is 9.69. The summed E-state index contributed by atoms with van der Waals surface area (Å²) in [4.78, 5) is 37.4. The second-order valence-corrected chi connectivity index (χ2v) is 10.5. The van der Waals surface area contributed by atoms with Crippen LogP contribution in [0.15, 0.2) is 89.3 Å². The molecule has 232 valence electrons. The minimum absolute atomic E-state index is 0.186. The first-order chi connectivity index (χ1) is 21.8. The SMILES string of the molecule is CCOC(=O)C1=C(C)NC(=O)N[C@@H]1c1ccc(OCC(=O)N/N=C\c2cn(Cc3ccccc3Cl)c3ccccc23)c(OC)c1. The smallest absolute Gasteiger partial charge is 0.338 e. The van der Waals surface area contributed by atoms with Crippen molar-refractivity contribution in [2.45, 2.75) is 26.4 Å². The molecule has 0 bridgehead atoms. The van der Waals surface area contributed by atoms with Gasteiger partial charge in [-0.15, -0.1) is 0 Å². The lowest BCUT2D eigenvalue weighted by Crippen LogP contribution is -2.45. The summed E-state index contributed by atoms with van der Waals surface area (Å²) in [5.41, 5.74) is 6.56. The predicted molar refractivity (Wildman–Crippen MR) is 170 cm³/mol. The van der Waals surface area contributed by atoms with E-state index in [1.54, 1.807) is 38.3 Å². The largest absolute Gasteiger partial charge is 0.493 e. The first-order valence-corrected chi connectivity index (χ1v) is 14.6. The zero-order valence-electron chi connectivity index (χ0n) is 24.9. The molecule has 12 heteroatoms. The van der Waals surface area contributed by atoms with Gasteiger partial charge in [0, 0.05) is 39.9 Å². The van der Waals surface area contributed by atoms with Crippen LogP contribution in [0.4, 0.5) is 4.79 Å². The van der Waals surface area contributed by atoms with Gasteiger partial charge in [-0.2, -0.15) is 5.10 Å². The van der Waals surface area contributed by atoms with Crippen LogP contribution in [0, 0.1) is 0 Å². The van der Waals surface area contributed by atoms with Gasteiger partial charge in [-0.25, -0.2) is 15.0 Å². The normalized spacial score (nSPS) is 14.7. The molecule has 0 saturated carbocycles. The van der Waals surface area contributed by atoms with Crippen LogP contribution in [0.5, 0.6) is 11.5 Å². The summed E-state index contributed by atoms with van der Waals surface area (Å²) in [6.45, 7) is 3.77. The van der Waals surface area contributed by atoms with E-state index in [4.69, 9.17) is 25.8 Å². The number of amides is 3. The van der Waals surface area contributed by atoms with Gasteiger partial charge in [0.25, 0.3) is 5.91 Å². The molecule has 0 saturated heterocycles. The molecule has 2 heterocycles. The number of nitrogens with one attached hydrogen (secondary N) is 3. The number of urea groups is 1. The van der Waals surface area contributed by atoms with Crippen molar-refractivity contribution >= 4 is 46.6 Å². The molecule has 4 aromatic rings. The van der Waals surface area contributed by atoms with Crippen LogP contribution in [-0.2, 0) is 20.9 Å². The quantitative estimate of drug-likeness (QED) is 0.121. The molecule has 3 aromatic carbocycles. The number of benzene rings is 3. The second-order valence-electron chi connectivity index (χ2n) is 10.1. The number of aromatic nitrogens is 1. The number of rotatable bonds is 11. The highest BCUT2D eigenvalue weighted by Gasteiger charge is 2.32. The van der Waals surface area contributed by atoms with Gasteiger partial charge in [0.1, 0.15) is 0 Å². The molecule has 45 heavy (non-hydrogen) atoms. The fourth-order valence-electron chi connectivity index (χ4n) is 5.07. The molecule has 3 amide bonds. The summed E-state index contributed by atoms with van der Waals surface area (Å²) in [7, 11) is 1.45. The molecular formula is C33H32ClN5O6. The number of nitrogens with zero attached hydrogens (tertiary/aromatic N) is 2. The van der Waals surface area contributed by atoms with Gasteiger partial charge >= 0.3 is 12.0 Å². The maximum atomic E-state index is 12.6. The van der Waals surface area contributed by atoms with E-state index in [1.807, 2.05) is 54.7 Å².